The molecule has 6 nitrogen and oxygen atoms in total. The fourth-order valence-electron chi connectivity index (χ4n) is 2.54. The van der Waals surface area contributed by atoms with Crippen molar-refractivity contribution in [2.45, 2.75) is 13.1 Å². The second kappa shape index (κ2) is 6.50. The van der Waals surface area contributed by atoms with E-state index >= 15 is 0 Å². The van der Waals surface area contributed by atoms with Gasteiger partial charge in [-0.3, -0.25) is 9.59 Å². The summed E-state index contributed by atoms with van der Waals surface area (Å²) in [6.07, 6.45) is -4.69. The highest BCUT2D eigenvalue weighted by molar-refractivity contribution is 5.95. The summed E-state index contributed by atoms with van der Waals surface area (Å²) in [4.78, 5) is 35.0. The second-order valence-electron chi connectivity index (χ2n) is 5.56. The first-order chi connectivity index (χ1) is 11.1. The molecule has 1 saturated heterocycles. The summed E-state index contributed by atoms with van der Waals surface area (Å²) in [6, 6.07) is 5.02. The average molecular weight is 344 g/mol. The SMILES string of the molecule is CC(=O)c1ccc(NC(=O)N2C[C@@H](C(F)(F)F)[C@H](C(=O)O)C2)cc1. The van der Waals surface area contributed by atoms with E-state index in [9.17, 15) is 27.6 Å². The lowest BCUT2D eigenvalue weighted by Crippen LogP contribution is -2.35. The molecule has 0 radical (unpaired) electrons. The van der Waals surface area contributed by atoms with Crippen LogP contribution >= 0.6 is 0 Å². The standard InChI is InChI=1S/C15H15F3N2O4/c1-8(21)9-2-4-10(5-3-9)19-14(24)20-6-11(13(22)23)12(7-20)15(16,17)18/h2-5,11-12H,6-7H2,1H3,(H,19,24)(H,22,23)/t11-,12-/m1/s1. The van der Waals surface area contributed by atoms with E-state index in [1.54, 1.807) is 0 Å². The van der Waals surface area contributed by atoms with E-state index in [0.29, 0.717) is 11.3 Å². The first-order valence-corrected chi connectivity index (χ1v) is 7.06. The highest BCUT2D eigenvalue weighted by Crippen LogP contribution is 2.37. The minimum absolute atomic E-state index is 0.162. The molecule has 2 rings (SSSR count). The van der Waals surface area contributed by atoms with Crippen molar-refractivity contribution < 1.29 is 32.7 Å². The summed E-state index contributed by atoms with van der Waals surface area (Å²) >= 11 is 0. The van der Waals surface area contributed by atoms with Crippen molar-refractivity contribution in [2.75, 3.05) is 18.4 Å². The molecule has 2 atom stereocenters. The van der Waals surface area contributed by atoms with E-state index < -0.39 is 43.1 Å². The van der Waals surface area contributed by atoms with Crippen LogP contribution < -0.4 is 5.32 Å². The molecule has 130 valence electrons. The molecule has 24 heavy (non-hydrogen) atoms. The molecule has 0 bridgehead atoms. The summed E-state index contributed by atoms with van der Waals surface area (Å²) in [6.45, 7) is 0.149. The molecule has 9 heteroatoms. The molecule has 1 aliphatic rings. The molecule has 1 aromatic rings. The van der Waals surface area contributed by atoms with Gasteiger partial charge in [0.05, 0.1) is 11.8 Å². The van der Waals surface area contributed by atoms with Gasteiger partial charge in [0, 0.05) is 24.3 Å². The number of urea groups is 1. The van der Waals surface area contributed by atoms with E-state index in [1.807, 2.05) is 0 Å². The smallest absolute Gasteiger partial charge is 0.394 e. The molecular weight excluding hydrogens is 329 g/mol. The maximum atomic E-state index is 12.9. The van der Waals surface area contributed by atoms with Crippen molar-refractivity contribution in [2.24, 2.45) is 11.8 Å². The predicted molar refractivity (Wildman–Crippen MR) is 77.7 cm³/mol. The number of anilines is 1. The maximum absolute atomic E-state index is 12.9. The van der Waals surface area contributed by atoms with Crippen LogP contribution in [0.5, 0.6) is 0 Å². The number of halogens is 3. The van der Waals surface area contributed by atoms with Gasteiger partial charge in [0.1, 0.15) is 0 Å². The molecule has 2 N–H and O–H groups in total. The largest absolute Gasteiger partial charge is 0.481 e. The molecule has 1 heterocycles. The number of alkyl halides is 3. The number of rotatable bonds is 3. The van der Waals surface area contributed by atoms with Crippen molar-refractivity contribution in [3.05, 3.63) is 29.8 Å². The number of hydrogen-bond acceptors (Lipinski definition) is 3. The molecular formula is C15H15F3N2O4. The van der Waals surface area contributed by atoms with Gasteiger partial charge in [0.2, 0.25) is 0 Å². The number of carboxylic acid groups (broad SMARTS) is 1. The van der Waals surface area contributed by atoms with Gasteiger partial charge in [-0.1, -0.05) is 0 Å². The van der Waals surface area contributed by atoms with Gasteiger partial charge in [-0.15, -0.1) is 0 Å². The van der Waals surface area contributed by atoms with Gasteiger partial charge in [0.25, 0.3) is 0 Å². The lowest BCUT2D eigenvalue weighted by Gasteiger charge is -2.18. The maximum Gasteiger partial charge on any atom is 0.394 e. The van der Waals surface area contributed by atoms with Crippen molar-refractivity contribution in [1.82, 2.24) is 4.90 Å². The van der Waals surface area contributed by atoms with Crippen LogP contribution in [0.1, 0.15) is 17.3 Å². The van der Waals surface area contributed by atoms with Gasteiger partial charge in [-0.2, -0.15) is 13.2 Å². The number of likely N-dealkylation sites (tertiary alicyclic amines) is 1. The number of ketones is 1. The molecule has 2 amide bonds. The third kappa shape index (κ3) is 3.84. The number of carbonyl (C=O) groups is 3. The Morgan fingerprint density at radius 3 is 2.17 bits per heavy atom. The van der Waals surface area contributed by atoms with Crippen LogP contribution in [0.3, 0.4) is 0 Å². The molecule has 0 unspecified atom stereocenters. The monoisotopic (exact) mass is 344 g/mol. The quantitative estimate of drug-likeness (QED) is 0.825. The van der Waals surface area contributed by atoms with E-state index in [2.05, 4.69) is 5.32 Å². The Labute approximate surface area is 135 Å². The van der Waals surface area contributed by atoms with Gasteiger partial charge < -0.3 is 15.3 Å². The summed E-state index contributed by atoms with van der Waals surface area (Å²) in [7, 11) is 0. The van der Waals surface area contributed by atoms with Crippen LogP contribution in [0, 0.1) is 11.8 Å². The molecule has 0 aromatic heterocycles. The number of amides is 2. The molecule has 1 aliphatic heterocycles. The number of carboxylic acids is 1. The first kappa shape index (κ1) is 17.8. The minimum atomic E-state index is -4.69. The topological polar surface area (TPSA) is 86.7 Å². The average Bonchev–Trinajstić information content (AvgIpc) is 2.93. The van der Waals surface area contributed by atoms with Crippen LogP contribution in [0.25, 0.3) is 0 Å². The zero-order chi connectivity index (χ0) is 18.1. The highest BCUT2D eigenvalue weighted by Gasteiger charge is 2.53. The number of hydrogen-bond donors (Lipinski definition) is 2. The summed E-state index contributed by atoms with van der Waals surface area (Å²) in [5.74, 6) is -5.53. The lowest BCUT2D eigenvalue weighted by atomic mass is 9.96. The van der Waals surface area contributed by atoms with E-state index in [1.165, 1.54) is 31.2 Å². The number of aliphatic carboxylic acids is 1. The number of Topliss-reactive ketones (excluding diaryl/α,β-unsaturated/α-hetero) is 1. The Bertz CT molecular complexity index is 658. The van der Waals surface area contributed by atoms with Crippen LogP contribution in [0.2, 0.25) is 0 Å². The highest BCUT2D eigenvalue weighted by atomic mass is 19.4. The predicted octanol–water partition coefficient (Wildman–Crippen LogP) is 2.62. The van der Waals surface area contributed by atoms with Gasteiger partial charge in [0.15, 0.2) is 5.78 Å². The Kier molecular flexibility index (Phi) is 4.81. The van der Waals surface area contributed by atoms with Crippen LogP contribution in [0.4, 0.5) is 23.7 Å². The summed E-state index contributed by atoms with van der Waals surface area (Å²) < 4.78 is 38.7. The van der Waals surface area contributed by atoms with Crippen molar-refractivity contribution in [1.29, 1.82) is 0 Å². The second-order valence-corrected chi connectivity index (χ2v) is 5.56. The van der Waals surface area contributed by atoms with E-state index in [-0.39, 0.29) is 5.78 Å². The molecule has 1 aromatic carbocycles. The third-order valence-electron chi connectivity index (χ3n) is 3.89. The van der Waals surface area contributed by atoms with Gasteiger partial charge in [-0.25, -0.2) is 4.79 Å². The number of nitrogens with one attached hydrogen (secondary N) is 1. The van der Waals surface area contributed by atoms with Crippen molar-refractivity contribution in [3.8, 4) is 0 Å². The Morgan fingerprint density at radius 2 is 1.75 bits per heavy atom. The lowest BCUT2D eigenvalue weighted by molar-refractivity contribution is -0.187. The fourth-order valence-corrected chi connectivity index (χ4v) is 2.54. The zero-order valence-corrected chi connectivity index (χ0v) is 12.6. The molecule has 0 saturated carbocycles. The Morgan fingerprint density at radius 1 is 1.17 bits per heavy atom. The van der Waals surface area contributed by atoms with E-state index in [0.717, 1.165) is 4.90 Å². The molecule has 1 fully saturated rings. The van der Waals surface area contributed by atoms with Crippen LogP contribution in [-0.4, -0.2) is 47.1 Å². The number of nitrogens with zero attached hydrogens (tertiary/aromatic N) is 1. The zero-order valence-electron chi connectivity index (χ0n) is 12.6. The number of benzene rings is 1. The van der Waals surface area contributed by atoms with Crippen LogP contribution in [-0.2, 0) is 4.79 Å². The summed E-state index contributed by atoms with van der Waals surface area (Å²) in [5.41, 5.74) is 0.726. The van der Waals surface area contributed by atoms with Crippen LogP contribution in [0.15, 0.2) is 24.3 Å². The van der Waals surface area contributed by atoms with Gasteiger partial charge >= 0.3 is 18.2 Å². The van der Waals surface area contributed by atoms with Gasteiger partial charge in [-0.05, 0) is 31.2 Å². The number of carbonyl (C=O) groups excluding carboxylic acids is 2. The minimum Gasteiger partial charge on any atom is -0.481 e. The molecule has 0 aliphatic carbocycles. The molecule has 0 spiro atoms. The first-order valence-electron chi connectivity index (χ1n) is 7.06. The Hall–Kier alpha value is -2.58. The van der Waals surface area contributed by atoms with E-state index in [4.69, 9.17) is 5.11 Å². The third-order valence-corrected chi connectivity index (χ3v) is 3.89. The summed E-state index contributed by atoms with van der Waals surface area (Å²) in [5, 5.41) is 11.3. The fraction of sp³-hybridized carbons (Fsp3) is 0.400. The van der Waals surface area contributed by atoms with Crippen molar-refractivity contribution in [3.63, 3.8) is 0 Å². The Balaban J connectivity index is 2.07. The van der Waals surface area contributed by atoms with Crippen molar-refractivity contribution >= 4 is 23.5 Å². The normalized spacial score (nSPS) is 20.8.